The summed E-state index contributed by atoms with van der Waals surface area (Å²) in [5, 5.41) is 6.27. The highest BCUT2D eigenvalue weighted by atomic mass is 19.1. The van der Waals surface area contributed by atoms with Crippen LogP contribution in [-0.2, 0) is 13.0 Å². The van der Waals surface area contributed by atoms with E-state index < -0.39 is 11.8 Å². The van der Waals surface area contributed by atoms with Gasteiger partial charge in [0.1, 0.15) is 5.82 Å². The van der Waals surface area contributed by atoms with E-state index in [4.69, 9.17) is 4.52 Å². The molecule has 1 heterocycles. The van der Waals surface area contributed by atoms with Gasteiger partial charge in [-0.3, -0.25) is 0 Å². The number of hydrogen-bond acceptors (Lipinski definition) is 4. The lowest BCUT2D eigenvalue weighted by Crippen LogP contribution is -2.31. The second-order valence-electron chi connectivity index (χ2n) is 4.73. The third kappa shape index (κ3) is 3.77. The number of nitrogens with zero attached hydrogens (tertiary/aromatic N) is 3. The Labute approximate surface area is 121 Å². The van der Waals surface area contributed by atoms with E-state index in [9.17, 15) is 9.18 Å². The van der Waals surface area contributed by atoms with Crippen molar-refractivity contribution in [3.63, 3.8) is 0 Å². The maximum absolute atomic E-state index is 13.7. The van der Waals surface area contributed by atoms with Crippen molar-refractivity contribution >= 4 is 11.7 Å². The lowest BCUT2D eigenvalue weighted by molar-refractivity contribution is 0.219. The van der Waals surface area contributed by atoms with E-state index in [-0.39, 0.29) is 12.2 Å². The molecular weight excluding hydrogens is 275 g/mol. The standard InChI is InChI=1S/C14H17FN4O2/c1-4-13-17-12(18-21-13)8-19(3)14(20)16-11-6-5-9(2)7-10(11)15/h5-7H,4,8H2,1-3H3,(H,16,20). The zero-order valence-corrected chi connectivity index (χ0v) is 12.2. The number of halogens is 1. The molecule has 0 aliphatic heterocycles. The van der Waals surface area contributed by atoms with Gasteiger partial charge in [-0.1, -0.05) is 18.1 Å². The van der Waals surface area contributed by atoms with Crippen LogP contribution in [0.25, 0.3) is 0 Å². The van der Waals surface area contributed by atoms with Crippen LogP contribution < -0.4 is 5.32 Å². The van der Waals surface area contributed by atoms with Crippen LogP contribution in [-0.4, -0.2) is 28.1 Å². The van der Waals surface area contributed by atoms with Gasteiger partial charge >= 0.3 is 6.03 Å². The summed E-state index contributed by atoms with van der Waals surface area (Å²) in [6.45, 7) is 3.86. The normalized spacial score (nSPS) is 10.5. The first-order valence-electron chi connectivity index (χ1n) is 6.59. The minimum absolute atomic E-state index is 0.139. The monoisotopic (exact) mass is 292 g/mol. The molecule has 112 valence electrons. The summed E-state index contributed by atoms with van der Waals surface area (Å²) >= 11 is 0. The number of aryl methyl sites for hydroxylation is 2. The van der Waals surface area contributed by atoms with Crippen LogP contribution in [0.15, 0.2) is 22.7 Å². The molecule has 2 rings (SSSR count). The SMILES string of the molecule is CCc1nc(CN(C)C(=O)Nc2ccc(C)cc2F)no1. The first-order valence-corrected chi connectivity index (χ1v) is 6.59. The third-order valence-electron chi connectivity index (χ3n) is 2.90. The van der Waals surface area contributed by atoms with Gasteiger partial charge in [0.25, 0.3) is 0 Å². The van der Waals surface area contributed by atoms with E-state index in [0.29, 0.717) is 18.1 Å². The van der Waals surface area contributed by atoms with E-state index >= 15 is 0 Å². The van der Waals surface area contributed by atoms with E-state index in [0.717, 1.165) is 5.56 Å². The number of benzene rings is 1. The fraction of sp³-hybridized carbons (Fsp3) is 0.357. The van der Waals surface area contributed by atoms with Crippen LogP contribution in [0, 0.1) is 12.7 Å². The molecule has 1 aromatic carbocycles. The predicted molar refractivity (Wildman–Crippen MR) is 75.3 cm³/mol. The number of aromatic nitrogens is 2. The first-order chi connectivity index (χ1) is 9.99. The number of anilines is 1. The molecule has 2 aromatic rings. The Balaban J connectivity index is 1.99. The number of carbonyl (C=O) groups excluding carboxylic acids is 1. The Bertz CT molecular complexity index is 642. The average Bonchev–Trinajstić information content (AvgIpc) is 2.89. The smallest absolute Gasteiger partial charge is 0.322 e. The highest BCUT2D eigenvalue weighted by Gasteiger charge is 2.14. The van der Waals surface area contributed by atoms with Gasteiger partial charge < -0.3 is 14.7 Å². The van der Waals surface area contributed by atoms with Crippen molar-refractivity contribution in [2.24, 2.45) is 0 Å². The molecule has 0 bridgehead atoms. The number of nitrogens with one attached hydrogen (secondary N) is 1. The molecule has 7 heteroatoms. The average molecular weight is 292 g/mol. The van der Waals surface area contributed by atoms with Gasteiger partial charge in [0.15, 0.2) is 5.82 Å². The van der Waals surface area contributed by atoms with Crippen molar-refractivity contribution in [1.82, 2.24) is 15.0 Å². The molecule has 0 radical (unpaired) electrons. The van der Waals surface area contributed by atoms with E-state index in [1.165, 1.54) is 17.0 Å². The maximum atomic E-state index is 13.7. The summed E-state index contributed by atoms with van der Waals surface area (Å²) in [4.78, 5) is 17.5. The van der Waals surface area contributed by atoms with Crippen LogP contribution in [0.2, 0.25) is 0 Å². The summed E-state index contributed by atoms with van der Waals surface area (Å²) in [7, 11) is 1.57. The number of rotatable bonds is 4. The van der Waals surface area contributed by atoms with Gasteiger partial charge in [0, 0.05) is 13.5 Å². The topological polar surface area (TPSA) is 71.3 Å². The van der Waals surface area contributed by atoms with Crippen LogP contribution >= 0.6 is 0 Å². The highest BCUT2D eigenvalue weighted by Crippen LogP contribution is 2.15. The van der Waals surface area contributed by atoms with Crippen LogP contribution in [0.4, 0.5) is 14.9 Å². The number of hydrogen-bond donors (Lipinski definition) is 1. The predicted octanol–water partition coefficient (Wildman–Crippen LogP) is 2.74. The van der Waals surface area contributed by atoms with Gasteiger partial charge in [-0.2, -0.15) is 4.98 Å². The minimum atomic E-state index is -0.468. The lowest BCUT2D eigenvalue weighted by atomic mass is 10.2. The van der Waals surface area contributed by atoms with Gasteiger partial charge in [-0.25, -0.2) is 9.18 Å². The zero-order valence-electron chi connectivity index (χ0n) is 12.2. The molecule has 0 spiro atoms. The summed E-state index contributed by atoms with van der Waals surface area (Å²) in [6.07, 6.45) is 0.636. The van der Waals surface area contributed by atoms with Crippen LogP contribution in [0.1, 0.15) is 24.2 Å². The largest absolute Gasteiger partial charge is 0.339 e. The Morgan fingerprint density at radius 3 is 2.86 bits per heavy atom. The molecule has 0 fully saturated rings. The fourth-order valence-electron chi connectivity index (χ4n) is 1.71. The molecule has 0 aliphatic carbocycles. The zero-order chi connectivity index (χ0) is 15.4. The minimum Gasteiger partial charge on any atom is -0.339 e. The van der Waals surface area contributed by atoms with Gasteiger partial charge in [0.05, 0.1) is 12.2 Å². The third-order valence-corrected chi connectivity index (χ3v) is 2.90. The number of amides is 2. The second-order valence-corrected chi connectivity index (χ2v) is 4.73. The summed E-state index contributed by atoms with van der Waals surface area (Å²) in [5.41, 5.74) is 0.928. The van der Waals surface area contributed by atoms with Gasteiger partial charge in [-0.05, 0) is 24.6 Å². The highest BCUT2D eigenvalue weighted by molar-refractivity contribution is 5.89. The Hall–Kier alpha value is -2.44. The van der Waals surface area contributed by atoms with E-state index in [1.54, 1.807) is 20.0 Å². The van der Waals surface area contributed by atoms with E-state index in [1.807, 2.05) is 6.92 Å². The lowest BCUT2D eigenvalue weighted by Gasteiger charge is -2.16. The molecule has 0 saturated carbocycles. The Morgan fingerprint density at radius 1 is 1.48 bits per heavy atom. The molecule has 0 aliphatic rings. The molecule has 1 N–H and O–H groups in total. The van der Waals surface area contributed by atoms with Crippen molar-refractivity contribution in [3.05, 3.63) is 41.3 Å². The molecule has 21 heavy (non-hydrogen) atoms. The van der Waals surface area contributed by atoms with E-state index in [2.05, 4.69) is 15.5 Å². The first kappa shape index (κ1) is 15.0. The van der Waals surface area contributed by atoms with Crippen molar-refractivity contribution in [2.45, 2.75) is 26.8 Å². The molecule has 1 aromatic heterocycles. The van der Waals surface area contributed by atoms with Crippen molar-refractivity contribution in [1.29, 1.82) is 0 Å². The second kappa shape index (κ2) is 6.34. The Morgan fingerprint density at radius 2 is 2.24 bits per heavy atom. The molecule has 0 atom stereocenters. The summed E-state index contributed by atoms with van der Waals surface area (Å²) < 4.78 is 18.6. The quantitative estimate of drug-likeness (QED) is 0.940. The molecule has 0 saturated heterocycles. The van der Waals surface area contributed by atoms with Crippen molar-refractivity contribution in [2.75, 3.05) is 12.4 Å². The molecule has 6 nitrogen and oxygen atoms in total. The maximum Gasteiger partial charge on any atom is 0.322 e. The summed E-state index contributed by atoms with van der Waals surface area (Å²) in [6, 6.07) is 4.17. The molecular formula is C14H17FN4O2. The summed E-state index contributed by atoms with van der Waals surface area (Å²) in [5.74, 6) is 0.460. The van der Waals surface area contributed by atoms with Crippen molar-refractivity contribution < 1.29 is 13.7 Å². The molecule has 0 unspecified atom stereocenters. The Kier molecular flexibility index (Phi) is 4.52. The van der Waals surface area contributed by atoms with Crippen LogP contribution in [0.3, 0.4) is 0 Å². The van der Waals surface area contributed by atoms with Gasteiger partial charge in [-0.15, -0.1) is 0 Å². The van der Waals surface area contributed by atoms with Crippen molar-refractivity contribution in [3.8, 4) is 0 Å². The van der Waals surface area contributed by atoms with Crippen LogP contribution in [0.5, 0.6) is 0 Å². The number of urea groups is 1. The van der Waals surface area contributed by atoms with Gasteiger partial charge in [0.2, 0.25) is 5.89 Å². The molecule has 2 amide bonds. The number of carbonyl (C=O) groups is 1. The fourth-order valence-corrected chi connectivity index (χ4v) is 1.71.